The molecule has 110 valence electrons. The van der Waals surface area contributed by atoms with Gasteiger partial charge in [-0.3, -0.25) is 10.1 Å². The van der Waals surface area contributed by atoms with E-state index in [9.17, 15) is 22.9 Å². The average molecular weight is 303 g/mol. The maximum absolute atomic E-state index is 13.8. The topological polar surface area (TPSA) is 107 Å². The van der Waals surface area contributed by atoms with Gasteiger partial charge in [0.2, 0.25) is 10.0 Å². The quantitative estimate of drug-likeness (QED) is 0.651. The largest absolute Gasteiger partial charge is 0.330 e. The third kappa shape index (κ3) is 2.65. The Morgan fingerprint density at radius 3 is 2.70 bits per heavy atom. The molecule has 2 N–H and O–H groups in total. The second-order valence-electron chi connectivity index (χ2n) is 4.63. The highest BCUT2D eigenvalue weighted by atomic mass is 32.2. The minimum absolute atomic E-state index is 0.0610. The van der Waals surface area contributed by atoms with Crippen molar-refractivity contribution < 1.29 is 17.7 Å². The van der Waals surface area contributed by atoms with Gasteiger partial charge < -0.3 is 5.73 Å². The standard InChI is InChI=1S/C11H14FN3O4S/c12-10-5-9(15(16)17)1-2-11(10)20(18,19)14-4-3-8(6-13)7-14/h1-2,5,8H,3-4,6-7,13H2. The van der Waals surface area contributed by atoms with Crippen LogP contribution in [0.5, 0.6) is 0 Å². The van der Waals surface area contributed by atoms with E-state index in [2.05, 4.69) is 0 Å². The third-order valence-corrected chi connectivity index (χ3v) is 5.22. The molecule has 1 aliphatic heterocycles. The second-order valence-corrected chi connectivity index (χ2v) is 6.53. The first-order valence-electron chi connectivity index (χ1n) is 6.00. The molecule has 0 saturated carbocycles. The molecule has 0 spiro atoms. The number of nitrogens with zero attached hydrogens (tertiary/aromatic N) is 2. The average Bonchev–Trinajstić information content (AvgIpc) is 2.87. The van der Waals surface area contributed by atoms with Crippen LogP contribution >= 0.6 is 0 Å². The Morgan fingerprint density at radius 1 is 1.50 bits per heavy atom. The molecule has 9 heteroatoms. The lowest BCUT2D eigenvalue weighted by atomic mass is 10.1. The van der Waals surface area contributed by atoms with E-state index in [1.165, 1.54) is 0 Å². The van der Waals surface area contributed by atoms with E-state index in [1.807, 2.05) is 0 Å². The first-order valence-corrected chi connectivity index (χ1v) is 7.44. The molecule has 2 rings (SSSR count). The van der Waals surface area contributed by atoms with Crippen LogP contribution in [0.25, 0.3) is 0 Å². The number of halogens is 1. The minimum atomic E-state index is -3.97. The first-order chi connectivity index (χ1) is 9.36. The molecule has 1 aromatic carbocycles. The van der Waals surface area contributed by atoms with Gasteiger partial charge >= 0.3 is 0 Å². The second kappa shape index (κ2) is 5.43. The van der Waals surface area contributed by atoms with Gasteiger partial charge in [-0.25, -0.2) is 12.8 Å². The van der Waals surface area contributed by atoms with E-state index in [-0.39, 0.29) is 19.0 Å². The number of sulfonamides is 1. The molecule has 20 heavy (non-hydrogen) atoms. The van der Waals surface area contributed by atoms with E-state index in [1.54, 1.807) is 0 Å². The van der Waals surface area contributed by atoms with Gasteiger partial charge in [0, 0.05) is 19.2 Å². The number of nitro groups is 1. The summed E-state index contributed by atoms with van der Waals surface area (Å²) in [5, 5.41) is 10.5. The Labute approximate surface area is 115 Å². The lowest BCUT2D eigenvalue weighted by Crippen LogP contribution is -2.30. The molecule has 7 nitrogen and oxygen atoms in total. The van der Waals surface area contributed by atoms with Crippen LogP contribution in [0.2, 0.25) is 0 Å². The van der Waals surface area contributed by atoms with Crippen molar-refractivity contribution in [1.82, 2.24) is 4.31 Å². The molecular weight excluding hydrogens is 289 g/mol. The molecular formula is C11H14FN3O4S. The Morgan fingerprint density at radius 2 is 2.20 bits per heavy atom. The maximum atomic E-state index is 13.8. The van der Waals surface area contributed by atoms with Crippen LogP contribution < -0.4 is 5.73 Å². The number of non-ortho nitro benzene ring substituents is 1. The van der Waals surface area contributed by atoms with Crippen molar-refractivity contribution in [2.75, 3.05) is 19.6 Å². The number of nitrogens with two attached hydrogens (primary N) is 1. The zero-order valence-electron chi connectivity index (χ0n) is 10.5. The summed E-state index contributed by atoms with van der Waals surface area (Å²) in [6.45, 7) is 0.894. The summed E-state index contributed by atoms with van der Waals surface area (Å²) in [6.07, 6.45) is 0.629. The number of benzene rings is 1. The van der Waals surface area contributed by atoms with Crippen LogP contribution in [-0.2, 0) is 10.0 Å². The Bertz CT molecular complexity index is 635. The van der Waals surface area contributed by atoms with Gasteiger partial charge in [-0.05, 0) is 24.9 Å². The van der Waals surface area contributed by atoms with Crippen molar-refractivity contribution in [3.8, 4) is 0 Å². The summed E-state index contributed by atoms with van der Waals surface area (Å²) in [6, 6.07) is 2.52. The van der Waals surface area contributed by atoms with Gasteiger partial charge in [0.1, 0.15) is 10.7 Å². The number of rotatable bonds is 4. The predicted octanol–water partition coefficient (Wildman–Crippen LogP) is 0.703. The normalized spacial score (nSPS) is 20.2. The molecule has 0 amide bonds. The molecule has 1 unspecified atom stereocenters. The van der Waals surface area contributed by atoms with Gasteiger partial charge in [0.15, 0.2) is 0 Å². The van der Waals surface area contributed by atoms with Gasteiger partial charge in [-0.15, -0.1) is 0 Å². The Kier molecular flexibility index (Phi) is 4.02. The fourth-order valence-electron chi connectivity index (χ4n) is 2.16. The lowest BCUT2D eigenvalue weighted by molar-refractivity contribution is -0.385. The summed E-state index contributed by atoms with van der Waals surface area (Å²) in [7, 11) is -3.97. The van der Waals surface area contributed by atoms with Crippen molar-refractivity contribution in [2.24, 2.45) is 11.7 Å². The van der Waals surface area contributed by atoms with Crippen molar-refractivity contribution in [3.63, 3.8) is 0 Å². The predicted molar refractivity (Wildman–Crippen MR) is 69.0 cm³/mol. The van der Waals surface area contributed by atoms with Gasteiger partial charge in [0.25, 0.3) is 5.69 Å². The highest BCUT2D eigenvalue weighted by Crippen LogP contribution is 2.27. The summed E-state index contributed by atoms with van der Waals surface area (Å²) < 4.78 is 39.5. The zero-order valence-corrected chi connectivity index (χ0v) is 11.3. The summed E-state index contributed by atoms with van der Waals surface area (Å²) >= 11 is 0. The van der Waals surface area contributed by atoms with E-state index in [0.29, 0.717) is 19.0 Å². The Balaban J connectivity index is 2.33. The van der Waals surface area contributed by atoms with E-state index in [4.69, 9.17) is 5.73 Å². The minimum Gasteiger partial charge on any atom is -0.330 e. The number of nitro benzene ring substituents is 1. The smallest absolute Gasteiger partial charge is 0.272 e. The van der Waals surface area contributed by atoms with Gasteiger partial charge in [0.05, 0.1) is 11.0 Å². The van der Waals surface area contributed by atoms with Crippen LogP contribution in [0.15, 0.2) is 23.1 Å². The molecule has 1 atom stereocenters. The van der Waals surface area contributed by atoms with E-state index in [0.717, 1.165) is 16.4 Å². The summed E-state index contributed by atoms with van der Waals surface area (Å²) in [4.78, 5) is 9.20. The zero-order chi connectivity index (χ0) is 14.9. The molecule has 1 fully saturated rings. The summed E-state index contributed by atoms with van der Waals surface area (Å²) in [5.74, 6) is -1.05. The number of hydrogen-bond acceptors (Lipinski definition) is 5. The molecule has 0 radical (unpaired) electrons. The van der Waals surface area contributed by atoms with Crippen molar-refractivity contribution in [3.05, 3.63) is 34.1 Å². The fraction of sp³-hybridized carbons (Fsp3) is 0.455. The van der Waals surface area contributed by atoms with Crippen LogP contribution in [0.1, 0.15) is 6.42 Å². The molecule has 1 saturated heterocycles. The molecule has 0 bridgehead atoms. The first kappa shape index (κ1) is 14.8. The highest BCUT2D eigenvalue weighted by Gasteiger charge is 2.34. The molecule has 1 aliphatic rings. The monoisotopic (exact) mass is 303 g/mol. The summed E-state index contributed by atoms with van der Waals surface area (Å²) in [5.41, 5.74) is 5.01. The van der Waals surface area contributed by atoms with Crippen LogP contribution in [0, 0.1) is 21.8 Å². The van der Waals surface area contributed by atoms with Gasteiger partial charge in [-0.1, -0.05) is 0 Å². The number of hydrogen-bond donors (Lipinski definition) is 1. The van der Waals surface area contributed by atoms with Crippen molar-refractivity contribution >= 4 is 15.7 Å². The van der Waals surface area contributed by atoms with Crippen LogP contribution in [0.3, 0.4) is 0 Å². The fourth-order valence-corrected chi connectivity index (χ4v) is 3.74. The molecule has 1 aromatic rings. The lowest BCUT2D eigenvalue weighted by Gasteiger charge is -2.16. The third-order valence-electron chi connectivity index (χ3n) is 3.33. The van der Waals surface area contributed by atoms with E-state index < -0.39 is 31.3 Å². The Hall–Kier alpha value is -1.58. The van der Waals surface area contributed by atoms with Crippen molar-refractivity contribution in [1.29, 1.82) is 0 Å². The van der Waals surface area contributed by atoms with Crippen molar-refractivity contribution in [2.45, 2.75) is 11.3 Å². The molecule has 0 aliphatic carbocycles. The SMILES string of the molecule is NCC1CCN(S(=O)(=O)c2ccc([N+](=O)[O-])cc2F)C1. The maximum Gasteiger partial charge on any atom is 0.272 e. The molecule has 0 aromatic heterocycles. The van der Waals surface area contributed by atoms with Crippen LogP contribution in [-0.4, -0.2) is 37.3 Å². The molecule has 1 heterocycles. The highest BCUT2D eigenvalue weighted by molar-refractivity contribution is 7.89. The van der Waals surface area contributed by atoms with E-state index >= 15 is 0 Å². The van der Waals surface area contributed by atoms with Crippen LogP contribution in [0.4, 0.5) is 10.1 Å². The van der Waals surface area contributed by atoms with Gasteiger partial charge in [-0.2, -0.15) is 4.31 Å².